The van der Waals surface area contributed by atoms with Crippen LogP contribution in [0.2, 0.25) is 0 Å². The van der Waals surface area contributed by atoms with E-state index < -0.39 is 0 Å². The molecule has 0 aromatic carbocycles. The number of hydrogen-bond donors (Lipinski definition) is 0. The fourth-order valence-electron chi connectivity index (χ4n) is 5.93. The highest BCUT2D eigenvalue weighted by Crippen LogP contribution is 2.50. The van der Waals surface area contributed by atoms with Gasteiger partial charge < -0.3 is 0 Å². The second-order valence-electron chi connectivity index (χ2n) is 9.39. The van der Waals surface area contributed by atoms with E-state index in [2.05, 4.69) is 27.7 Å². The van der Waals surface area contributed by atoms with Gasteiger partial charge in [0.05, 0.1) is 0 Å². The van der Waals surface area contributed by atoms with Gasteiger partial charge in [0, 0.05) is 0 Å². The smallest absolute Gasteiger partial charge is 0.0121 e. The van der Waals surface area contributed by atoms with Crippen molar-refractivity contribution in [3.8, 4) is 0 Å². The molecule has 3 saturated carbocycles. The van der Waals surface area contributed by atoms with Crippen molar-refractivity contribution >= 4 is 0 Å². The van der Waals surface area contributed by atoms with Crippen molar-refractivity contribution < 1.29 is 0 Å². The van der Waals surface area contributed by atoms with Crippen LogP contribution in [0.4, 0.5) is 0 Å². The van der Waals surface area contributed by atoms with E-state index in [1.807, 2.05) is 11.1 Å². The van der Waals surface area contributed by atoms with Gasteiger partial charge in [-0.3, -0.25) is 0 Å². The molecule has 0 bridgehead atoms. The van der Waals surface area contributed by atoms with E-state index in [-0.39, 0.29) is 0 Å². The molecule has 1 atom stereocenters. The Hall–Kier alpha value is -1.04. The van der Waals surface area contributed by atoms with E-state index in [1.165, 1.54) is 77.0 Å². The van der Waals surface area contributed by atoms with Gasteiger partial charge in [-0.1, -0.05) is 36.5 Å². The van der Waals surface area contributed by atoms with Crippen molar-refractivity contribution in [3.63, 3.8) is 0 Å². The topological polar surface area (TPSA) is 0 Å². The number of allylic oxidation sites excluding steroid dienone is 8. The summed E-state index contributed by atoms with van der Waals surface area (Å²) in [4.78, 5) is 0. The molecule has 0 nitrogen and oxygen atoms in total. The molecule has 0 amide bonds. The molecule has 0 spiro atoms. The van der Waals surface area contributed by atoms with Crippen molar-refractivity contribution in [1.82, 2.24) is 0 Å². The zero-order chi connectivity index (χ0) is 18.3. The van der Waals surface area contributed by atoms with Gasteiger partial charge in [-0.05, 0) is 125 Å². The fourth-order valence-corrected chi connectivity index (χ4v) is 5.93. The van der Waals surface area contributed by atoms with Crippen LogP contribution in [0, 0.1) is 11.8 Å². The van der Waals surface area contributed by atoms with Crippen molar-refractivity contribution in [3.05, 3.63) is 44.6 Å². The lowest BCUT2D eigenvalue weighted by atomic mass is 9.73. The normalized spacial score (nSPS) is 27.7. The summed E-state index contributed by atoms with van der Waals surface area (Å²) in [5.74, 6) is 1.64. The van der Waals surface area contributed by atoms with E-state index in [0.717, 1.165) is 11.8 Å². The van der Waals surface area contributed by atoms with Gasteiger partial charge >= 0.3 is 0 Å². The maximum atomic E-state index is 2.46. The molecular weight excluding hydrogens is 312 g/mol. The minimum atomic E-state index is 0.763. The quantitative estimate of drug-likeness (QED) is 0.481. The molecule has 0 saturated heterocycles. The third-order valence-electron chi connectivity index (χ3n) is 8.10. The molecule has 0 aromatic heterocycles. The average Bonchev–Trinajstić information content (AvgIpc) is 3.02. The Morgan fingerprint density at radius 3 is 2.04 bits per heavy atom. The summed E-state index contributed by atoms with van der Waals surface area (Å²) in [7, 11) is 0. The van der Waals surface area contributed by atoms with Crippen LogP contribution in [0.3, 0.4) is 0 Å². The van der Waals surface area contributed by atoms with Crippen LogP contribution >= 0.6 is 0 Å². The minimum absolute atomic E-state index is 0.763. The van der Waals surface area contributed by atoms with Crippen LogP contribution in [0.1, 0.15) is 105 Å². The average molecular weight is 351 g/mol. The molecule has 0 aliphatic heterocycles. The Kier molecular flexibility index (Phi) is 5.31. The lowest BCUT2D eigenvalue weighted by Gasteiger charge is -2.32. The van der Waals surface area contributed by atoms with Crippen LogP contribution in [0.5, 0.6) is 0 Å². The zero-order valence-corrected chi connectivity index (χ0v) is 17.6. The molecule has 4 aliphatic rings. The van der Waals surface area contributed by atoms with E-state index in [0.29, 0.717) is 0 Å². The van der Waals surface area contributed by atoms with Gasteiger partial charge in [-0.2, -0.15) is 0 Å². The van der Waals surface area contributed by atoms with Gasteiger partial charge in [0.2, 0.25) is 0 Å². The maximum Gasteiger partial charge on any atom is -0.0121 e. The third-order valence-corrected chi connectivity index (χ3v) is 8.10. The first-order valence-electron chi connectivity index (χ1n) is 11.4. The van der Waals surface area contributed by atoms with E-state index in [9.17, 15) is 0 Å². The van der Waals surface area contributed by atoms with Gasteiger partial charge in [0.25, 0.3) is 0 Å². The highest BCUT2D eigenvalue weighted by atomic mass is 14.4. The van der Waals surface area contributed by atoms with Gasteiger partial charge in [-0.15, -0.1) is 0 Å². The summed E-state index contributed by atoms with van der Waals surface area (Å²) in [6.45, 7) is 9.81. The Morgan fingerprint density at radius 1 is 0.885 bits per heavy atom. The Labute approximate surface area is 161 Å². The fraction of sp³-hybridized carbons (Fsp3) is 0.692. The summed E-state index contributed by atoms with van der Waals surface area (Å²) in [5, 5.41) is 0. The van der Waals surface area contributed by atoms with Crippen LogP contribution in [-0.4, -0.2) is 0 Å². The Balaban J connectivity index is 1.88. The van der Waals surface area contributed by atoms with Crippen LogP contribution in [0.25, 0.3) is 0 Å². The number of hydrogen-bond acceptors (Lipinski definition) is 0. The van der Waals surface area contributed by atoms with E-state index in [4.69, 9.17) is 0 Å². The molecule has 142 valence electrons. The second kappa shape index (κ2) is 7.53. The Morgan fingerprint density at radius 2 is 1.54 bits per heavy atom. The summed E-state index contributed by atoms with van der Waals surface area (Å²) in [5.41, 5.74) is 13.9. The van der Waals surface area contributed by atoms with Gasteiger partial charge in [-0.25, -0.2) is 0 Å². The molecule has 4 rings (SSSR count). The lowest BCUT2D eigenvalue weighted by Crippen LogP contribution is -2.16. The molecule has 0 heteroatoms. The number of rotatable bonds is 3. The first-order valence-corrected chi connectivity index (χ1v) is 11.4. The van der Waals surface area contributed by atoms with Gasteiger partial charge in [0.1, 0.15) is 0 Å². The highest BCUT2D eigenvalue weighted by molar-refractivity contribution is 5.60. The molecule has 0 radical (unpaired) electrons. The zero-order valence-electron chi connectivity index (χ0n) is 17.6. The summed E-state index contributed by atoms with van der Waals surface area (Å²) >= 11 is 0. The van der Waals surface area contributed by atoms with E-state index in [1.54, 1.807) is 33.4 Å². The largest absolute Gasteiger partial charge is 0.0667 e. The minimum Gasteiger partial charge on any atom is -0.0667 e. The molecule has 3 fully saturated rings. The predicted molar refractivity (Wildman–Crippen MR) is 113 cm³/mol. The first kappa shape index (κ1) is 18.3. The molecule has 0 heterocycles. The third kappa shape index (κ3) is 3.08. The SMILES string of the molecule is CCC1CC(C2CCCC2)=C(C)C(C)=C(C(C)=C2CCC2)C1=C1CCC1. The van der Waals surface area contributed by atoms with Crippen LogP contribution < -0.4 is 0 Å². The van der Waals surface area contributed by atoms with Crippen LogP contribution in [-0.2, 0) is 0 Å². The second-order valence-corrected chi connectivity index (χ2v) is 9.39. The van der Waals surface area contributed by atoms with Crippen molar-refractivity contribution in [1.29, 1.82) is 0 Å². The maximum absolute atomic E-state index is 2.46. The monoisotopic (exact) mass is 350 g/mol. The predicted octanol–water partition coefficient (Wildman–Crippen LogP) is 8.22. The Bertz CT molecular complexity index is 688. The summed E-state index contributed by atoms with van der Waals surface area (Å²) < 4.78 is 0. The first-order chi connectivity index (χ1) is 12.6. The summed E-state index contributed by atoms with van der Waals surface area (Å²) in [6.07, 6.45) is 16.7. The van der Waals surface area contributed by atoms with Crippen molar-refractivity contribution in [2.24, 2.45) is 11.8 Å². The molecule has 1 unspecified atom stereocenters. The molecular formula is C26H38. The molecule has 0 N–H and O–H groups in total. The van der Waals surface area contributed by atoms with Gasteiger partial charge in [0.15, 0.2) is 0 Å². The van der Waals surface area contributed by atoms with E-state index >= 15 is 0 Å². The summed E-state index contributed by atoms with van der Waals surface area (Å²) in [6, 6.07) is 0. The highest BCUT2D eigenvalue weighted by Gasteiger charge is 2.33. The molecule has 26 heavy (non-hydrogen) atoms. The molecule has 4 aliphatic carbocycles. The standard InChI is InChI=1S/C26H38/c1-5-20-16-24(22-10-6-7-11-22)17(2)18(3)25(19(4)21-12-8-13-21)26(20)23-14-9-15-23/h20,22H,5-16H2,1-4H3. The van der Waals surface area contributed by atoms with Crippen molar-refractivity contribution in [2.75, 3.05) is 0 Å². The molecule has 0 aromatic rings. The van der Waals surface area contributed by atoms with Crippen LogP contribution in [0.15, 0.2) is 44.6 Å². The lowest BCUT2D eigenvalue weighted by molar-refractivity contribution is 0.510. The van der Waals surface area contributed by atoms with Crippen molar-refractivity contribution in [2.45, 2.75) is 105 Å².